The normalized spacial score (nSPS) is 16.4. The molecule has 0 aliphatic carbocycles. The number of esters is 1. The Morgan fingerprint density at radius 2 is 1.34 bits per heavy atom. The minimum atomic E-state index is -1.19. The molecule has 0 aromatic heterocycles. The fraction of sp³-hybridized carbons (Fsp3) is 0.167. The molecule has 0 amide bonds. The van der Waals surface area contributed by atoms with E-state index in [2.05, 4.69) is 4.90 Å². The molecule has 4 aromatic carbocycles. The quantitative estimate of drug-likeness (QED) is 0.298. The van der Waals surface area contributed by atoms with Crippen LogP contribution in [0.2, 0.25) is 0 Å². The standard InChI is InChI=1S/C30H28N2O3/c1-4-34-26-20-18-25(19-21-26)32(24-10-6-5-7-11-24)30(22-14-16-23(17-15-22)31(2)3)28-13-9-8-12-27(28)29(33)35-30/h5-21H,4H2,1-3H3. The van der Waals surface area contributed by atoms with Gasteiger partial charge in [0.05, 0.1) is 12.2 Å². The number of hydrogen-bond acceptors (Lipinski definition) is 5. The molecule has 1 aliphatic heterocycles. The van der Waals surface area contributed by atoms with Gasteiger partial charge in [-0.3, -0.25) is 4.90 Å². The van der Waals surface area contributed by atoms with Gasteiger partial charge in [0.25, 0.3) is 0 Å². The first-order chi connectivity index (χ1) is 17.0. The number of anilines is 3. The summed E-state index contributed by atoms with van der Waals surface area (Å²) in [5.41, 5.74) is 3.88. The number of fused-ring (bicyclic) bond motifs is 1. The highest BCUT2D eigenvalue weighted by Crippen LogP contribution is 2.50. The summed E-state index contributed by atoms with van der Waals surface area (Å²) in [6.07, 6.45) is 0. The maximum atomic E-state index is 13.3. The zero-order chi connectivity index (χ0) is 24.4. The number of hydrogen-bond donors (Lipinski definition) is 0. The lowest BCUT2D eigenvalue weighted by molar-refractivity contribution is 0.0134. The number of ether oxygens (including phenoxy) is 2. The molecule has 5 heteroatoms. The molecule has 0 saturated heterocycles. The van der Waals surface area contributed by atoms with E-state index in [1.54, 1.807) is 0 Å². The van der Waals surface area contributed by atoms with Crippen LogP contribution in [0.3, 0.4) is 0 Å². The Morgan fingerprint density at radius 1 is 0.743 bits per heavy atom. The Morgan fingerprint density at radius 3 is 2.00 bits per heavy atom. The van der Waals surface area contributed by atoms with Crippen LogP contribution < -0.4 is 14.5 Å². The van der Waals surface area contributed by atoms with Crippen LogP contribution in [0.1, 0.15) is 28.4 Å². The zero-order valence-corrected chi connectivity index (χ0v) is 20.1. The highest BCUT2D eigenvalue weighted by molar-refractivity contribution is 5.96. The van der Waals surface area contributed by atoms with Crippen molar-refractivity contribution in [1.29, 1.82) is 0 Å². The second-order valence-electron chi connectivity index (χ2n) is 8.62. The number of rotatable bonds is 7. The van der Waals surface area contributed by atoms with Gasteiger partial charge in [0.1, 0.15) is 5.75 Å². The molecule has 1 unspecified atom stereocenters. The number of benzene rings is 4. The summed E-state index contributed by atoms with van der Waals surface area (Å²) in [5.74, 6) is 0.446. The second kappa shape index (κ2) is 9.18. The van der Waals surface area contributed by atoms with E-state index in [9.17, 15) is 4.79 Å². The van der Waals surface area contributed by atoms with Crippen LogP contribution in [0.4, 0.5) is 17.1 Å². The van der Waals surface area contributed by atoms with Crippen molar-refractivity contribution in [1.82, 2.24) is 0 Å². The average Bonchev–Trinajstić information content (AvgIpc) is 3.19. The summed E-state index contributed by atoms with van der Waals surface area (Å²) in [6.45, 7) is 2.56. The van der Waals surface area contributed by atoms with Gasteiger partial charge in [-0.1, -0.05) is 48.5 Å². The first kappa shape index (κ1) is 22.5. The molecule has 0 N–H and O–H groups in total. The van der Waals surface area contributed by atoms with Gasteiger partial charge < -0.3 is 14.4 Å². The molecule has 4 aromatic rings. The predicted molar refractivity (Wildman–Crippen MR) is 140 cm³/mol. The van der Waals surface area contributed by atoms with Gasteiger partial charge in [-0.2, -0.15) is 0 Å². The Bertz CT molecular complexity index is 1320. The highest BCUT2D eigenvalue weighted by Gasteiger charge is 2.52. The van der Waals surface area contributed by atoms with E-state index < -0.39 is 5.72 Å². The van der Waals surface area contributed by atoms with Gasteiger partial charge in [-0.25, -0.2) is 4.79 Å². The van der Waals surface area contributed by atoms with Gasteiger partial charge in [0.15, 0.2) is 0 Å². The maximum absolute atomic E-state index is 13.3. The van der Waals surface area contributed by atoms with Gasteiger partial charge in [-0.15, -0.1) is 0 Å². The van der Waals surface area contributed by atoms with Crippen molar-refractivity contribution in [3.63, 3.8) is 0 Å². The van der Waals surface area contributed by atoms with E-state index in [4.69, 9.17) is 9.47 Å². The molecule has 0 radical (unpaired) electrons. The van der Waals surface area contributed by atoms with Crippen LogP contribution in [0.5, 0.6) is 5.75 Å². The highest BCUT2D eigenvalue weighted by atomic mass is 16.6. The number of carbonyl (C=O) groups is 1. The largest absolute Gasteiger partial charge is 0.494 e. The molecule has 1 atom stereocenters. The van der Waals surface area contributed by atoms with Gasteiger partial charge in [0.2, 0.25) is 5.72 Å². The van der Waals surface area contributed by atoms with Crippen molar-refractivity contribution >= 4 is 23.0 Å². The molecule has 5 nitrogen and oxygen atoms in total. The summed E-state index contributed by atoms with van der Waals surface area (Å²) in [6, 6.07) is 33.7. The van der Waals surface area contributed by atoms with Crippen molar-refractivity contribution in [3.05, 3.63) is 120 Å². The van der Waals surface area contributed by atoms with Crippen LogP contribution in [0.15, 0.2) is 103 Å². The number of para-hydroxylation sites is 1. The van der Waals surface area contributed by atoms with Crippen molar-refractivity contribution in [2.45, 2.75) is 12.6 Å². The van der Waals surface area contributed by atoms with Crippen molar-refractivity contribution in [3.8, 4) is 5.75 Å². The van der Waals surface area contributed by atoms with Crippen LogP contribution >= 0.6 is 0 Å². The van der Waals surface area contributed by atoms with E-state index in [-0.39, 0.29) is 5.97 Å². The molecule has 35 heavy (non-hydrogen) atoms. The third-order valence-electron chi connectivity index (χ3n) is 6.26. The Hall–Kier alpha value is -4.25. The van der Waals surface area contributed by atoms with Gasteiger partial charge >= 0.3 is 5.97 Å². The molecule has 0 spiro atoms. The molecule has 0 saturated carbocycles. The second-order valence-corrected chi connectivity index (χ2v) is 8.62. The number of nitrogens with zero attached hydrogens (tertiary/aromatic N) is 2. The minimum Gasteiger partial charge on any atom is -0.494 e. The summed E-state index contributed by atoms with van der Waals surface area (Å²) >= 11 is 0. The SMILES string of the molecule is CCOc1ccc(N(c2ccccc2)C2(c3ccc(N(C)C)cc3)OC(=O)c3ccccc32)cc1. The monoisotopic (exact) mass is 464 g/mol. The Kier molecular flexibility index (Phi) is 5.91. The smallest absolute Gasteiger partial charge is 0.341 e. The lowest BCUT2D eigenvalue weighted by Crippen LogP contribution is -2.45. The van der Waals surface area contributed by atoms with Gasteiger partial charge in [0, 0.05) is 42.3 Å². The molecule has 5 rings (SSSR count). The third kappa shape index (κ3) is 3.89. The van der Waals surface area contributed by atoms with Crippen LogP contribution in [0.25, 0.3) is 0 Å². The fourth-order valence-corrected chi connectivity index (χ4v) is 4.64. The van der Waals surface area contributed by atoms with E-state index in [0.29, 0.717) is 12.2 Å². The lowest BCUT2D eigenvalue weighted by Gasteiger charge is -2.42. The molecule has 0 fully saturated rings. The molecular formula is C30H28N2O3. The lowest BCUT2D eigenvalue weighted by atomic mass is 9.90. The predicted octanol–water partition coefficient (Wildman–Crippen LogP) is 6.36. The Balaban J connectivity index is 1.78. The minimum absolute atomic E-state index is 0.343. The summed E-state index contributed by atoms with van der Waals surface area (Å²) in [5, 5.41) is 0. The Labute approximate surface area is 206 Å². The topological polar surface area (TPSA) is 42.0 Å². The molecular weight excluding hydrogens is 436 g/mol. The molecule has 0 bridgehead atoms. The van der Waals surface area contributed by atoms with E-state index in [1.165, 1.54) is 0 Å². The van der Waals surface area contributed by atoms with Crippen LogP contribution in [-0.2, 0) is 10.5 Å². The molecule has 1 heterocycles. The van der Waals surface area contributed by atoms with E-state index in [1.807, 2.05) is 129 Å². The van der Waals surface area contributed by atoms with Crippen LogP contribution in [0, 0.1) is 0 Å². The number of cyclic esters (lactones) is 1. The average molecular weight is 465 g/mol. The van der Waals surface area contributed by atoms with Crippen molar-refractivity contribution in [2.75, 3.05) is 30.5 Å². The molecule has 176 valence electrons. The first-order valence-electron chi connectivity index (χ1n) is 11.7. The number of carbonyl (C=O) groups excluding carboxylic acids is 1. The van der Waals surface area contributed by atoms with E-state index >= 15 is 0 Å². The first-order valence-corrected chi connectivity index (χ1v) is 11.7. The van der Waals surface area contributed by atoms with Gasteiger partial charge in [-0.05, 0) is 61.5 Å². The maximum Gasteiger partial charge on any atom is 0.341 e. The third-order valence-corrected chi connectivity index (χ3v) is 6.26. The summed E-state index contributed by atoms with van der Waals surface area (Å²) in [4.78, 5) is 17.4. The summed E-state index contributed by atoms with van der Waals surface area (Å²) < 4.78 is 12.1. The summed E-state index contributed by atoms with van der Waals surface area (Å²) in [7, 11) is 4.01. The van der Waals surface area contributed by atoms with Crippen molar-refractivity contribution < 1.29 is 14.3 Å². The van der Waals surface area contributed by atoms with Crippen molar-refractivity contribution in [2.24, 2.45) is 0 Å². The van der Waals surface area contributed by atoms with Crippen LogP contribution in [-0.4, -0.2) is 26.7 Å². The zero-order valence-electron chi connectivity index (χ0n) is 20.1. The fourth-order valence-electron chi connectivity index (χ4n) is 4.64. The molecule has 1 aliphatic rings. The van der Waals surface area contributed by atoms with E-state index in [0.717, 1.165) is 33.9 Å².